The van der Waals surface area contributed by atoms with Gasteiger partial charge in [-0.05, 0) is 29.1 Å². The van der Waals surface area contributed by atoms with E-state index < -0.39 is 5.97 Å². The Morgan fingerprint density at radius 1 is 1.06 bits per heavy atom. The standard InChI is InChI=1S/C25H21N3O4S2/c29-22(14-32-23(30)10-12-27-16-26-24-18(25(27)31)11-13-33-24)28-19-8-4-5-9-21(19)34-15-20(28)17-6-2-1-3-7-17/h1-9,11,13,16,20H,10,12,14-15H2. The van der Waals surface area contributed by atoms with Gasteiger partial charge in [0, 0.05) is 17.2 Å². The number of hydrogen-bond acceptors (Lipinski definition) is 7. The fraction of sp³-hybridized carbons (Fsp3) is 0.200. The van der Waals surface area contributed by atoms with E-state index in [2.05, 4.69) is 4.98 Å². The van der Waals surface area contributed by atoms with Crippen LogP contribution in [0.1, 0.15) is 18.0 Å². The summed E-state index contributed by atoms with van der Waals surface area (Å²) in [5, 5.41) is 2.34. The molecule has 0 saturated heterocycles. The summed E-state index contributed by atoms with van der Waals surface area (Å²) in [6, 6.07) is 19.2. The molecule has 0 aliphatic carbocycles. The number of thiophene rings is 1. The van der Waals surface area contributed by atoms with Crippen LogP contribution in [-0.4, -0.2) is 33.8 Å². The van der Waals surface area contributed by atoms with Crippen molar-refractivity contribution < 1.29 is 14.3 Å². The Balaban J connectivity index is 1.27. The lowest BCUT2D eigenvalue weighted by atomic mass is 10.1. The van der Waals surface area contributed by atoms with Gasteiger partial charge in [0.2, 0.25) is 0 Å². The highest BCUT2D eigenvalue weighted by Crippen LogP contribution is 2.43. The summed E-state index contributed by atoms with van der Waals surface area (Å²) < 4.78 is 6.71. The van der Waals surface area contributed by atoms with E-state index in [1.807, 2.05) is 60.0 Å². The first-order chi connectivity index (χ1) is 16.6. The van der Waals surface area contributed by atoms with Gasteiger partial charge in [0.1, 0.15) is 4.83 Å². The highest BCUT2D eigenvalue weighted by molar-refractivity contribution is 7.99. The first-order valence-corrected chi connectivity index (χ1v) is 12.7. The molecule has 1 atom stereocenters. The van der Waals surface area contributed by atoms with Crippen molar-refractivity contribution in [2.45, 2.75) is 23.9 Å². The van der Waals surface area contributed by atoms with Crippen LogP contribution in [0.5, 0.6) is 0 Å². The molecule has 34 heavy (non-hydrogen) atoms. The minimum Gasteiger partial charge on any atom is -0.455 e. The molecule has 0 bridgehead atoms. The monoisotopic (exact) mass is 491 g/mol. The summed E-state index contributed by atoms with van der Waals surface area (Å²) in [7, 11) is 0. The van der Waals surface area contributed by atoms with Gasteiger partial charge in [0.05, 0.1) is 29.9 Å². The van der Waals surface area contributed by atoms with E-state index in [1.54, 1.807) is 22.7 Å². The number of ether oxygens (including phenoxy) is 1. The minimum absolute atomic E-state index is 0.0287. The van der Waals surface area contributed by atoms with Crippen molar-refractivity contribution in [3.63, 3.8) is 0 Å². The highest BCUT2D eigenvalue weighted by atomic mass is 32.2. The number of anilines is 1. The molecular weight excluding hydrogens is 470 g/mol. The predicted octanol–water partition coefficient (Wildman–Crippen LogP) is 4.27. The van der Waals surface area contributed by atoms with Crippen LogP contribution in [0.4, 0.5) is 5.69 Å². The second kappa shape index (κ2) is 9.82. The van der Waals surface area contributed by atoms with Crippen LogP contribution in [0.25, 0.3) is 10.2 Å². The van der Waals surface area contributed by atoms with E-state index in [4.69, 9.17) is 4.74 Å². The van der Waals surface area contributed by atoms with Gasteiger partial charge in [-0.15, -0.1) is 23.1 Å². The minimum atomic E-state index is -0.540. The second-order valence-electron chi connectivity index (χ2n) is 7.76. The fourth-order valence-electron chi connectivity index (χ4n) is 3.97. The van der Waals surface area contributed by atoms with Gasteiger partial charge in [-0.3, -0.25) is 23.9 Å². The SMILES string of the molecule is O=C(CCn1cnc2sccc2c1=O)OCC(=O)N1c2ccccc2SCC1c1ccccc1. The third-order valence-electron chi connectivity index (χ3n) is 5.65. The molecule has 0 saturated carbocycles. The molecule has 7 nitrogen and oxygen atoms in total. The Morgan fingerprint density at radius 2 is 1.85 bits per heavy atom. The van der Waals surface area contributed by atoms with Crippen molar-refractivity contribution in [1.82, 2.24) is 9.55 Å². The number of amides is 1. The van der Waals surface area contributed by atoms with Gasteiger partial charge in [-0.1, -0.05) is 42.5 Å². The molecule has 0 radical (unpaired) electrons. The van der Waals surface area contributed by atoms with Crippen LogP contribution in [0.2, 0.25) is 0 Å². The molecule has 0 fully saturated rings. The largest absolute Gasteiger partial charge is 0.455 e. The fourth-order valence-corrected chi connectivity index (χ4v) is 5.86. The summed E-state index contributed by atoms with van der Waals surface area (Å²) >= 11 is 3.10. The van der Waals surface area contributed by atoms with Crippen molar-refractivity contribution >= 4 is 50.9 Å². The maximum absolute atomic E-state index is 13.3. The molecule has 0 N–H and O–H groups in total. The molecule has 5 rings (SSSR count). The lowest BCUT2D eigenvalue weighted by Gasteiger charge is -2.37. The zero-order valence-electron chi connectivity index (χ0n) is 18.1. The topological polar surface area (TPSA) is 81.5 Å². The number of benzene rings is 2. The summed E-state index contributed by atoms with van der Waals surface area (Å²) in [6.45, 7) is -0.224. The predicted molar refractivity (Wildman–Crippen MR) is 133 cm³/mol. The molecule has 1 aliphatic rings. The Morgan fingerprint density at radius 3 is 2.71 bits per heavy atom. The summed E-state index contributed by atoms with van der Waals surface area (Å²) in [5.74, 6) is -0.114. The van der Waals surface area contributed by atoms with E-state index in [1.165, 1.54) is 22.2 Å². The molecule has 2 aromatic carbocycles. The average molecular weight is 492 g/mol. The molecule has 0 spiro atoms. The second-order valence-corrected chi connectivity index (χ2v) is 9.72. The maximum Gasteiger partial charge on any atom is 0.308 e. The van der Waals surface area contributed by atoms with Crippen molar-refractivity contribution in [2.75, 3.05) is 17.3 Å². The number of aryl methyl sites for hydroxylation is 1. The summed E-state index contributed by atoms with van der Waals surface area (Å²) in [5.41, 5.74) is 1.65. The van der Waals surface area contributed by atoms with Crippen LogP contribution < -0.4 is 10.5 Å². The van der Waals surface area contributed by atoms with Crippen molar-refractivity contribution in [1.29, 1.82) is 0 Å². The van der Waals surface area contributed by atoms with Crippen molar-refractivity contribution in [3.8, 4) is 0 Å². The number of thioether (sulfide) groups is 1. The number of fused-ring (bicyclic) bond motifs is 2. The molecular formula is C25H21N3O4S2. The third kappa shape index (κ3) is 4.49. The van der Waals surface area contributed by atoms with E-state index >= 15 is 0 Å². The molecule has 4 aromatic rings. The molecule has 9 heteroatoms. The number of esters is 1. The van der Waals surface area contributed by atoms with Gasteiger partial charge in [0.15, 0.2) is 6.61 Å². The smallest absolute Gasteiger partial charge is 0.308 e. The van der Waals surface area contributed by atoms with E-state index in [0.29, 0.717) is 16.0 Å². The van der Waals surface area contributed by atoms with Crippen LogP contribution >= 0.6 is 23.1 Å². The number of para-hydroxylation sites is 1. The number of nitrogens with zero attached hydrogens (tertiary/aromatic N) is 3. The average Bonchev–Trinajstić information content (AvgIpc) is 3.36. The number of hydrogen-bond donors (Lipinski definition) is 0. The lowest BCUT2D eigenvalue weighted by Crippen LogP contribution is -2.41. The van der Waals surface area contributed by atoms with Crippen molar-refractivity contribution in [2.24, 2.45) is 0 Å². The molecule has 1 unspecified atom stereocenters. The zero-order valence-corrected chi connectivity index (χ0v) is 19.8. The van der Waals surface area contributed by atoms with Gasteiger partial charge >= 0.3 is 5.97 Å². The Bertz CT molecular complexity index is 1400. The number of carbonyl (C=O) groups excluding carboxylic acids is 2. The summed E-state index contributed by atoms with van der Waals surface area (Å²) in [4.78, 5) is 45.8. The van der Waals surface area contributed by atoms with E-state index in [0.717, 1.165) is 16.1 Å². The number of aromatic nitrogens is 2. The molecule has 172 valence electrons. The third-order valence-corrected chi connectivity index (χ3v) is 7.61. The number of carbonyl (C=O) groups is 2. The zero-order chi connectivity index (χ0) is 23.5. The van der Waals surface area contributed by atoms with Crippen LogP contribution in [0.15, 0.2) is 82.1 Å². The van der Waals surface area contributed by atoms with Crippen LogP contribution in [0.3, 0.4) is 0 Å². The van der Waals surface area contributed by atoms with Gasteiger partial charge in [-0.2, -0.15) is 0 Å². The normalized spacial score (nSPS) is 15.2. The van der Waals surface area contributed by atoms with E-state index in [9.17, 15) is 14.4 Å². The Kier molecular flexibility index (Phi) is 6.46. The molecule has 2 aromatic heterocycles. The van der Waals surface area contributed by atoms with Crippen molar-refractivity contribution in [3.05, 3.63) is 88.3 Å². The van der Waals surface area contributed by atoms with E-state index in [-0.39, 0.29) is 37.1 Å². The van der Waals surface area contributed by atoms with Crippen LogP contribution in [0, 0.1) is 0 Å². The van der Waals surface area contributed by atoms with Crippen LogP contribution in [-0.2, 0) is 20.9 Å². The molecule has 1 aliphatic heterocycles. The Hall–Kier alpha value is -3.43. The maximum atomic E-state index is 13.3. The van der Waals surface area contributed by atoms with Gasteiger partial charge < -0.3 is 4.74 Å². The summed E-state index contributed by atoms with van der Waals surface area (Å²) in [6.07, 6.45) is 1.41. The quantitative estimate of drug-likeness (QED) is 0.375. The highest BCUT2D eigenvalue weighted by Gasteiger charge is 2.32. The Labute approximate surface area is 204 Å². The first-order valence-electron chi connectivity index (χ1n) is 10.8. The first kappa shape index (κ1) is 22.4. The number of rotatable bonds is 6. The molecule has 3 heterocycles. The molecule has 1 amide bonds. The van der Waals surface area contributed by atoms with Gasteiger partial charge in [0.25, 0.3) is 11.5 Å². The lowest BCUT2D eigenvalue weighted by molar-refractivity contribution is -0.148. The van der Waals surface area contributed by atoms with Gasteiger partial charge in [-0.25, -0.2) is 4.98 Å².